The number of halogens is 2. The van der Waals surface area contributed by atoms with Crippen LogP contribution in [0.25, 0.3) is 0 Å². The summed E-state index contributed by atoms with van der Waals surface area (Å²) >= 11 is 0. The van der Waals surface area contributed by atoms with Crippen LogP contribution in [0.2, 0.25) is 0 Å². The van der Waals surface area contributed by atoms with E-state index in [0.29, 0.717) is 0 Å². The molecule has 1 heterocycles. The van der Waals surface area contributed by atoms with E-state index in [1.165, 1.54) is 24.4 Å². The zero-order valence-electron chi connectivity index (χ0n) is 8.93. The van der Waals surface area contributed by atoms with E-state index < -0.39 is 17.6 Å². The van der Waals surface area contributed by atoms with Crippen molar-refractivity contribution >= 4 is 5.97 Å². The molecule has 0 atom stereocenters. The second kappa shape index (κ2) is 4.79. The monoisotopic (exact) mass is 251 g/mol. The number of rotatable bonds is 3. The number of aromatic carboxylic acids is 1. The van der Waals surface area contributed by atoms with Crippen LogP contribution in [0.3, 0.4) is 0 Å². The molecule has 0 aliphatic heterocycles. The molecule has 2 aromatic rings. The molecule has 0 aliphatic rings. The molecule has 0 aliphatic carbocycles. The number of carboxylic acids is 1. The topological polar surface area (TPSA) is 59.4 Å². The molecule has 0 saturated carbocycles. The first-order valence-electron chi connectivity index (χ1n) is 4.89. The summed E-state index contributed by atoms with van der Waals surface area (Å²) in [5.74, 6) is -3.67. The van der Waals surface area contributed by atoms with Gasteiger partial charge in [0.25, 0.3) is 0 Å². The average molecular weight is 251 g/mol. The maximum Gasteiger partial charge on any atom is 0.354 e. The molecule has 92 valence electrons. The Hall–Kier alpha value is -2.50. The molecular formula is C12H7F2NO3. The van der Waals surface area contributed by atoms with Crippen LogP contribution in [-0.2, 0) is 0 Å². The molecule has 0 saturated heterocycles. The van der Waals surface area contributed by atoms with Crippen LogP contribution >= 0.6 is 0 Å². The maximum absolute atomic E-state index is 13.3. The van der Waals surface area contributed by atoms with Crippen molar-refractivity contribution in [3.8, 4) is 11.5 Å². The Bertz CT molecular complexity index is 602. The van der Waals surface area contributed by atoms with Gasteiger partial charge in [0.15, 0.2) is 17.3 Å². The fourth-order valence-corrected chi connectivity index (χ4v) is 1.28. The Morgan fingerprint density at radius 1 is 1.28 bits per heavy atom. The fourth-order valence-electron chi connectivity index (χ4n) is 1.28. The average Bonchev–Trinajstić information content (AvgIpc) is 2.35. The molecule has 0 unspecified atom stereocenters. The highest BCUT2D eigenvalue weighted by Crippen LogP contribution is 2.25. The van der Waals surface area contributed by atoms with Gasteiger partial charge in [-0.15, -0.1) is 0 Å². The van der Waals surface area contributed by atoms with Crippen molar-refractivity contribution in [3.05, 3.63) is 53.9 Å². The molecule has 1 aromatic carbocycles. The van der Waals surface area contributed by atoms with Crippen molar-refractivity contribution in [1.82, 2.24) is 4.98 Å². The number of nitrogens with zero attached hydrogens (tertiary/aromatic N) is 1. The highest BCUT2D eigenvalue weighted by atomic mass is 19.2. The zero-order valence-corrected chi connectivity index (χ0v) is 8.93. The summed E-state index contributed by atoms with van der Waals surface area (Å²) in [6.07, 6.45) is 1.20. The van der Waals surface area contributed by atoms with Crippen LogP contribution in [0.5, 0.6) is 11.5 Å². The van der Waals surface area contributed by atoms with Crippen molar-refractivity contribution in [3.63, 3.8) is 0 Å². The van der Waals surface area contributed by atoms with E-state index in [0.717, 1.165) is 12.1 Å². The van der Waals surface area contributed by atoms with Crippen LogP contribution in [0.4, 0.5) is 8.78 Å². The zero-order chi connectivity index (χ0) is 13.1. The Morgan fingerprint density at radius 3 is 2.78 bits per heavy atom. The molecule has 0 radical (unpaired) electrons. The third-order valence-electron chi connectivity index (χ3n) is 2.09. The summed E-state index contributed by atoms with van der Waals surface area (Å²) in [5, 5.41) is 8.72. The minimum Gasteiger partial charge on any atom is -0.477 e. The normalized spacial score (nSPS) is 10.1. The van der Waals surface area contributed by atoms with Gasteiger partial charge < -0.3 is 9.84 Å². The van der Waals surface area contributed by atoms with Crippen molar-refractivity contribution in [2.45, 2.75) is 0 Å². The number of hydrogen-bond acceptors (Lipinski definition) is 3. The van der Waals surface area contributed by atoms with Gasteiger partial charge in [0.2, 0.25) is 5.82 Å². The number of aromatic nitrogens is 1. The number of ether oxygens (including phenoxy) is 1. The smallest absolute Gasteiger partial charge is 0.354 e. The lowest BCUT2D eigenvalue weighted by molar-refractivity contribution is 0.0690. The molecule has 4 nitrogen and oxygen atoms in total. The van der Waals surface area contributed by atoms with Crippen LogP contribution in [0.1, 0.15) is 10.5 Å². The molecule has 0 bridgehead atoms. The van der Waals surface area contributed by atoms with Gasteiger partial charge in [-0.2, -0.15) is 4.39 Å². The predicted octanol–water partition coefficient (Wildman–Crippen LogP) is 2.85. The molecular weight excluding hydrogens is 244 g/mol. The molecule has 18 heavy (non-hydrogen) atoms. The predicted molar refractivity (Wildman–Crippen MR) is 57.6 cm³/mol. The van der Waals surface area contributed by atoms with Gasteiger partial charge in [-0.05, 0) is 18.2 Å². The van der Waals surface area contributed by atoms with E-state index in [2.05, 4.69) is 4.98 Å². The highest BCUT2D eigenvalue weighted by molar-refractivity contribution is 5.85. The third kappa shape index (κ3) is 2.42. The highest BCUT2D eigenvalue weighted by Gasteiger charge is 2.11. The first-order chi connectivity index (χ1) is 8.58. The summed E-state index contributed by atoms with van der Waals surface area (Å²) in [7, 11) is 0. The van der Waals surface area contributed by atoms with E-state index in [4.69, 9.17) is 9.84 Å². The molecule has 0 fully saturated rings. The van der Waals surface area contributed by atoms with Gasteiger partial charge in [0, 0.05) is 12.3 Å². The first-order valence-corrected chi connectivity index (χ1v) is 4.89. The number of hydrogen-bond donors (Lipinski definition) is 1. The quantitative estimate of drug-likeness (QED) is 0.911. The van der Waals surface area contributed by atoms with E-state index >= 15 is 0 Å². The van der Waals surface area contributed by atoms with Crippen molar-refractivity contribution in [2.75, 3.05) is 0 Å². The van der Waals surface area contributed by atoms with Gasteiger partial charge in [-0.25, -0.2) is 14.2 Å². The second-order valence-corrected chi connectivity index (χ2v) is 3.34. The number of pyridine rings is 1. The lowest BCUT2D eigenvalue weighted by Crippen LogP contribution is -2.00. The van der Waals surface area contributed by atoms with Gasteiger partial charge in [-0.3, -0.25) is 0 Å². The van der Waals surface area contributed by atoms with E-state index in [9.17, 15) is 13.6 Å². The first kappa shape index (κ1) is 12.0. The lowest BCUT2D eigenvalue weighted by Gasteiger charge is -2.07. The Kier molecular flexibility index (Phi) is 3.18. The summed E-state index contributed by atoms with van der Waals surface area (Å²) < 4.78 is 31.3. The van der Waals surface area contributed by atoms with Crippen molar-refractivity contribution in [1.29, 1.82) is 0 Å². The standard InChI is InChI=1S/C12H7F2NO3/c13-8-2-1-3-10(11(8)14)18-7-4-5-15-9(6-7)12(16)17/h1-6H,(H,16,17). The molecule has 2 rings (SSSR count). The second-order valence-electron chi connectivity index (χ2n) is 3.34. The van der Waals surface area contributed by atoms with Crippen molar-refractivity contribution < 1.29 is 23.4 Å². The summed E-state index contributed by atoms with van der Waals surface area (Å²) in [4.78, 5) is 14.2. The Balaban J connectivity index is 2.31. The van der Waals surface area contributed by atoms with Gasteiger partial charge in [0.1, 0.15) is 5.75 Å². The Morgan fingerprint density at radius 2 is 2.06 bits per heavy atom. The number of carbonyl (C=O) groups is 1. The van der Waals surface area contributed by atoms with Crippen LogP contribution in [0, 0.1) is 11.6 Å². The van der Waals surface area contributed by atoms with Gasteiger partial charge in [-0.1, -0.05) is 6.07 Å². The van der Waals surface area contributed by atoms with E-state index in [1.54, 1.807) is 0 Å². The Labute approximate surface area is 100 Å². The lowest BCUT2D eigenvalue weighted by atomic mass is 10.3. The molecule has 1 aromatic heterocycles. The van der Waals surface area contributed by atoms with Crippen LogP contribution in [-0.4, -0.2) is 16.1 Å². The number of benzene rings is 1. The summed E-state index contributed by atoms with van der Waals surface area (Å²) in [5.41, 5.74) is -0.246. The SMILES string of the molecule is O=C(O)c1cc(Oc2cccc(F)c2F)ccn1. The van der Waals surface area contributed by atoms with E-state index in [-0.39, 0.29) is 17.2 Å². The fraction of sp³-hybridized carbons (Fsp3) is 0. The largest absolute Gasteiger partial charge is 0.477 e. The summed E-state index contributed by atoms with van der Waals surface area (Å²) in [6, 6.07) is 5.94. The minimum absolute atomic E-state index is 0.0619. The maximum atomic E-state index is 13.3. The molecule has 1 N–H and O–H groups in total. The molecule has 6 heteroatoms. The molecule has 0 amide bonds. The minimum atomic E-state index is -1.24. The van der Waals surface area contributed by atoms with Crippen molar-refractivity contribution in [2.24, 2.45) is 0 Å². The van der Waals surface area contributed by atoms with E-state index in [1.807, 2.05) is 0 Å². The third-order valence-corrected chi connectivity index (χ3v) is 2.09. The van der Waals surface area contributed by atoms with Gasteiger partial charge in [0.05, 0.1) is 0 Å². The van der Waals surface area contributed by atoms with Gasteiger partial charge >= 0.3 is 5.97 Å². The number of carboxylic acid groups (broad SMARTS) is 1. The van der Waals surface area contributed by atoms with Crippen LogP contribution < -0.4 is 4.74 Å². The summed E-state index contributed by atoms with van der Waals surface area (Å²) in [6.45, 7) is 0. The van der Waals surface area contributed by atoms with Crippen LogP contribution in [0.15, 0.2) is 36.5 Å². The molecule has 0 spiro atoms.